The molecule has 0 aliphatic carbocycles. The van der Waals surface area contributed by atoms with E-state index in [-0.39, 0.29) is 5.69 Å². The van der Waals surface area contributed by atoms with E-state index in [0.717, 1.165) is 18.5 Å². The van der Waals surface area contributed by atoms with Crippen molar-refractivity contribution in [3.8, 4) is 11.5 Å². The maximum Gasteiger partial charge on any atom is 0.270 e. The Labute approximate surface area is 116 Å². The van der Waals surface area contributed by atoms with Gasteiger partial charge < -0.3 is 9.73 Å². The molecule has 106 valence electrons. The van der Waals surface area contributed by atoms with Crippen molar-refractivity contribution in [2.45, 2.75) is 26.8 Å². The van der Waals surface area contributed by atoms with Crippen LogP contribution in [0.1, 0.15) is 24.8 Å². The van der Waals surface area contributed by atoms with Crippen molar-refractivity contribution in [3.63, 3.8) is 0 Å². The number of nitrogens with zero attached hydrogens (tertiary/aromatic N) is 3. The second-order valence-corrected chi connectivity index (χ2v) is 4.49. The number of aromatic nitrogens is 2. The fourth-order valence-electron chi connectivity index (χ4n) is 1.81. The smallest absolute Gasteiger partial charge is 0.270 e. The molecule has 0 spiro atoms. The average Bonchev–Trinajstić information content (AvgIpc) is 2.87. The van der Waals surface area contributed by atoms with Crippen molar-refractivity contribution < 1.29 is 9.34 Å². The number of nitrogens with one attached hydrogen (secondary N) is 1. The molecule has 7 heteroatoms. The van der Waals surface area contributed by atoms with Crippen LogP contribution in [-0.2, 0) is 6.54 Å². The fourth-order valence-corrected chi connectivity index (χ4v) is 1.81. The van der Waals surface area contributed by atoms with E-state index < -0.39 is 4.92 Å². The van der Waals surface area contributed by atoms with Crippen LogP contribution in [0.2, 0.25) is 0 Å². The number of benzene rings is 1. The van der Waals surface area contributed by atoms with Crippen LogP contribution >= 0.6 is 0 Å². The van der Waals surface area contributed by atoms with Crippen LogP contribution in [0.3, 0.4) is 0 Å². The lowest BCUT2D eigenvalue weighted by Crippen LogP contribution is -2.13. The van der Waals surface area contributed by atoms with Crippen molar-refractivity contribution >= 4 is 5.69 Å². The lowest BCUT2D eigenvalue weighted by Gasteiger charge is -1.99. The number of hydrogen-bond donors (Lipinski definition) is 1. The summed E-state index contributed by atoms with van der Waals surface area (Å²) in [5.74, 6) is 0.766. The summed E-state index contributed by atoms with van der Waals surface area (Å²) in [6.45, 7) is 5.22. The Balaban J connectivity index is 2.21. The van der Waals surface area contributed by atoms with Crippen LogP contribution in [-0.4, -0.2) is 21.7 Å². The SMILES string of the molecule is CCCNCc1nnc(-c2cc(C)cc([N+](=O)[O-])c2)o1. The lowest BCUT2D eigenvalue weighted by molar-refractivity contribution is -0.384. The summed E-state index contributed by atoms with van der Waals surface area (Å²) in [5, 5.41) is 21.8. The Hall–Kier alpha value is -2.28. The maximum absolute atomic E-state index is 10.8. The molecule has 0 bridgehead atoms. The van der Waals surface area contributed by atoms with Gasteiger partial charge >= 0.3 is 0 Å². The number of rotatable bonds is 6. The van der Waals surface area contributed by atoms with E-state index in [2.05, 4.69) is 22.4 Å². The molecule has 1 aromatic heterocycles. The van der Waals surface area contributed by atoms with Crippen molar-refractivity contribution in [2.75, 3.05) is 6.54 Å². The highest BCUT2D eigenvalue weighted by Crippen LogP contribution is 2.24. The molecular formula is C13H16N4O3. The Kier molecular flexibility index (Phi) is 4.41. The number of aryl methyl sites for hydroxylation is 1. The first-order chi connectivity index (χ1) is 9.60. The second kappa shape index (κ2) is 6.25. The normalized spacial score (nSPS) is 10.7. The van der Waals surface area contributed by atoms with Crippen LogP contribution in [0.5, 0.6) is 0 Å². The zero-order chi connectivity index (χ0) is 14.5. The van der Waals surface area contributed by atoms with E-state index in [0.29, 0.717) is 23.9 Å². The lowest BCUT2D eigenvalue weighted by atomic mass is 10.1. The molecule has 7 nitrogen and oxygen atoms in total. The minimum Gasteiger partial charge on any atom is -0.419 e. The molecular weight excluding hydrogens is 260 g/mol. The molecule has 2 rings (SSSR count). The zero-order valence-corrected chi connectivity index (χ0v) is 11.4. The van der Waals surface area contributed by atoms with E-state index in [9.17, 15) is 10.1 Å². The van der Waals surface area contributed by atoms with Gasteiger partial charge in [0.15, 0.2) is 0 Å². The highest BCUT2D eigenvalue weighted by Gasteiger charge is 2.14. The predicted octanol–water partition coefficient (Wildman–Crippen LogP) is 2.45. The van der Waals surface area contributed by atoms with E-state index in [1.807, 2.05) is 0 Å². The minimum atomic E-state index is -0.434. The first-order valence-electron chi connectivity index (χ1n) is 6.39. The first kappa shape index (κ1) is 14.1. The van der Waals surface area contributed by atoms with Gasteiger partial charge in [0, 0.05) is 17.7 Å². The van der Waals surface area contributed by atoms with Crippen molar-refractivity contribution in [1.29, 1.82) is 0 Å². The van der Waals surface area contributed by atoms with Crippen LogP contribution in [0, 0.1) is 17.0 Å². The standard InChI is InChI=1S/C13H16N4O3/c1-3-4-14-8-12-15-16-13(20-12)10-5-9(2)6-11(7-10)17(18)19/h5-7,14H,3-4,8H2,1-2H3. The van der Waals surface area contributed by atoms with Crippen LogP contribution in [0.15, 0.2) is 22.6 Å². The molecule has 0 radical (unpaired) electrons. The molecule has 0 saturated carbocycles. The fraction of sp³-hybridized carbons (Fsp3) is 0.385. The van der Waals surface area contributed by atoms with Crippen LogP contribution in [0.25, 0.3) is 11.5 Å². The van der Waals surface area contributed by atoms with Gasteiger partial charge in [-0.2, -0.15) is 0 Å². The summed E-state index contributed by atoms with van der Waals surface area (Å²) in [7, 11) is 0. The topological polar surface area (TPSA) is 94.1 Å². The van der Waals surface area contributed by atoms with Crippen molar-refractivity contribution in [1.82, 2.24) is 15.5 Å². The summed E-state index contributed by atoms with van der Waals surface area (Å²) in [5.41, 5.74) is 1.35. The largest absolute Gasteiger partial charge is 0.419 e. The molecule has 0 saturated heterocycles. The molecule has 0 aliphatic rings. The van der Waals surface area contributed by atoms with Gasteiger partial charge in [0.25, 0.3) is 5.69 Å². The summed E-state index contributed by atoms with van der Waals surface area (Å²) in [6.07, 6.45) is 1.02. The van der Waals surface area contributed by atoms with Gasteiger partial charge in [0.05, 0.1) is 11.5 Å². The third-order valence-electron chi connectivity index (χ3n) is 2.69. The maximum atomic E-state index is 10.8. The zero-order valence-electron chi connectivity index (χ0n) is 11.4. The monoisotopic (exact) mass is 276 g/mol. The van der Waals surface area contributed by atoms with Gasteiger partial charge in [-0.15, -0.1) is 10.2 Å². The van der Waals surface area contributed by atoms with E-state index in [4.69, 9.17) is 4.42 Å². The molecule has 1 N–H and O–H groups in total. The second-order valence-electron chi connectivity index (χ2n) is 4.49. The van der Waals surface area contributed by atoms with Gasteiger partial charge in [-0.1, -0.05) is 6.92 Å². The van der Waals surface area contributed by atoms with E-state index >= 15 is 0 Å². The number of nitro groups is 1. The Morgan fingerprint density at radius 3 is 2.85 bits per heavy atom. The number of nitro benzene ring substituents is 1. The van der Waals surface area contributed by atoms with Gasteiger partial charge in [-0.25, -0.2) is 0 Å². The Morgan fingerprint density at radius 2 is 2.15 bits per heavy atom. The summed E-state index contributed by atoms with van der Waals surface area (Å²) >= 11 is 0. The summed E-state index contributed by atoms with van der Waals surface area (Å²) < 4.78 is 5.50. The van der Waals surface area contributed by atoms with Crippen molar-refractivity contribution in [2.24, 2.45) is 0 Å². The van der Waals surface area contributed by atoms with Gasteiger partial charge in [0.2, 0.25) is 11.8 Å². The minimum absolute atomic E-state index is 0.0175. The highest BCUT2D eigenvalue weighted by molar-refractivity contribution is 5.59. The first-order valence-corrected chi connectivity index (χ1v) is 6.39. The van der Waals surface area contributed by atoms with Crippen LogP contribution in [0.4, 0.5) is 5.69 Å². The number of non-ortho nitro benzene ring substituents is 1. The molecule has 0 aliphatic heterocycles. The van der Waals surface area contributed by atoms with Gasteiger partial charge in [-0.3, -0.25) is 10.1 Å². The third kappa shape index (κ3) is 3.39. The molecule has 0 amide bonds. The van der Waals surface area contributed by atoms with Gasteiger partial charge in [-0.05, 0) is 31.5 Å². The molecule has 0 atom stereocenters. The average molecular weight is 276 g/mol. The van der Waals surface area contributed by atoms with E-state index in [1.165, 1.54) is 12.1 Å². The summed E-state index contributed by atoms with van der Waals surface area (Å²) in [4.78, 5) is 10.4. The molecule has 2 aromatic rings. The highest BCUT2D eigenvalue weighted by atomic mass is 16.6. The van der Waals surface area contributed by atoms with Crippen LogP contribution < -0.4 is 5.32 Å². The molecule has 0 unspecified atom stereocenters. The quantitative estimate of drug-likeness (QED) is 0.494. The third-order valence-corrected chi connectivity index (χ3v) is 2.69. The Bertz CT molecular complexity index is 609. The number of hydrogen-bond acceptors (Lipinski definition) is 6. The molecule has 1 aromatic carbocycles. The van der Waals surface area contributed by atoms with E-state index in [1.54, 1.807) is 13.0 Å². The summed E-state index contributed by atoms with van der Waals surface area (Å²) in [6, 6.07) is 4.72. The molecule has 0 fully saturated rings. The molecule has 1 heterocycles. The van der Waals surface area contributed by atoms with Gasteiger partial charge in [0.1, 0.15) is 0 Å². The van der Waals surface area contributed by atoms with Crippen molar-refractivity contribution in [3.05, 3.63) is 39.8 Å². The molecule has 20 heavy (non-hydrogen) atoms. The predicted molar refractivity (Wildman–Crippen MR) is 73.1 cm³/mol. The Morgan fingerprint density at radius 1 is 1.35 bits per heavy atom.